The van der Waals surface area contributed by atoms with Crippen LogP contribution in [0.4, 0.5) is 0 Å². The molecule has 2 rings (SSSR count). The molecule has 0 aliphatic heterocycles. The zero-order valence-electron chi connectivity index (χ0n) is 11.5. The number of para-hydroxylation sites is 1. The van der Waals surface area contributed by atoms with Crippen LogP contribution in [0, 0.1) is 0 Å². The first-order chi connectivity index (χ1) is 9.72. The second-order valence-corrected chi connectivity index (χ2v) is 4.64. The first-order valence-electron chi connectivity index (χ1n) is 6.76. The van der Waals surface area contributed by atoms with Crippen LogP contribution in [0.3, 0.4) is 0 Å². The van der Waals surface area contributed by atoms with E-state index in [9.17, 15) is 9.90 Å². The summed E-state index contributed by atoms with van der Waals surface area (Å²) in [5, 5.41) is 12.4. The fourth-order valence-corrected chi connectivity index (χ4v) is 1.99. The van der Waals surface area contributed by atoms with Crippen LogP contribution in [0.25, 0.3) is 5.69 Å². The molecule has 0 bridgehead atoms. The van der Waals surface area contributed by atoms with Crippen LogP contribution in [-0.4, -0.2) is 33.2 Å². The fourth-order valence-electron chi connectivity index (χ4n) is 1.99. The second kappa shape index (κ2) is 6.86. The number of hydrogen-bond donors (Lipinski definition) is 2. The highest BCUT2D eigenvalue weighted by molar-refractivity contribution is 5.93. The summed E-state index contributed by atoms with van der Waals surface area (Å²) in [5.74, 6) is -0.235. The maximum absolute atomic E-state index is 12.1. The third kappa shape index (κ3) is 3.45. The van der Waals surface area contributed by atoms with Gasteiger partial charge in [-0.05, 0) is 18.6 Å². The largest absolute Gasteiger partial charge is 0.391 e. The van der Waals surface area contributed by atoms with Gasteiger partial charge in [0.05, 0.1) is 18.6 Å². The van der Waals surface area contributed by atoms with Crippen molar-refractivity contribution in [1.29, 1.82) is 0 Å². The number of nitrogens with zero attached hydrogens (tertiary/aromatic N) is 2. The van der Waals surface area contributed by atoms with Crippen molar-refractivity contribution in [3.63, 3.8) is 0 Å². The zero-order valence-corrected chi connectivity index (χ0v) is 11.5. The number of benzene rings is 1. The van der Waals surface area contributed by atoms with Crippen molar-refractivity contribution in [2.24, 2.45) is 0 Å². The van der Waals surface area contributed by atoms with E-state index in [0.717, 1.165) is 12.1 Å². The summed E-state index contributed by atoms with van der Waals surface area (Å²) in [4.78, 5) is 16.1. The van der Waals surface area contributed by atoms with Gasteiger partial charge in [-0.25, -0.2) is 4.98 Å². The van der Waals surface area contributed by atoms with Crippen LogP contribution >= 0.6 is 0 Å². The molecule has 1 heterocycles. The molecule has 2 aromatic rings. The number of aliphatic hydroxyl groups is 1. The number of amides is 1. The van der Waals surface area contributed by atoms with Gasteiger partial charge in [-0.2, -0.15) is 0 Å². The Balaban J connectivity index is 2.07. The molecule has 20 heavy (non-hydrogen) atoms. The van der Waals surface area contributed by atoms with Gasteiger partial charge in [0.25, 0.3) is 5.91 Å². The van der Waals surface area contributed by atoms with E-state index >= 15 is 0 Å². The second-order valence-electron chi connectivity index (χ2n) is 4.64. The molecule has 1 atom stereocenters. The van der Waals surface area contributed by atoms with E-state index in [4.69, 9.17) is 0 Å². The van der Waals surface area contributed by atoms with Crippen LogP contribution < -0.4 is 5.32 Å². The van der Waals surface area contributed by atoms with E-state index < -0.39 is 6.10 Å². The highest BCUT2D eigenvalue weighted by Crippen LogP contribution is 2.10. The van der Waals surface area contributed by atoms with Gasteiger partial charge in [-0.1, -0.05) is 31.5 Å². The Hall–Kier alpha value is -2.14. The molecule has 1 aromatic carbocycles. The molecule has 0 aliphatic rings. The minimum Gasteiger partial charge on any atom is -0.391 e. The third-order valence-electron chi connectivity index (χ3n) is 3.03. The summed E-state index contributed by atoms with van der Waals surface area (Å²) < 4.78 is 1.72. The number of nitrogens with one attached hydrogen (secondary N) is 1. The third-order valence-corrected chi connectivity index (χ3v) is 3.03. The lowest BCUT2D eigenvalue weighted by Gasteiger charge is -2.12. The van der Waals surface area contributed by atoms with Gasteiger partial charge in [0, 0.05) is 12.2 Å². The minimum absolute atomic E-state index is 0.235. The molecule has 0 fully saturated rings. The number of rotatable bonds is 6. The summed E-state index contributed by atoms with van der Waals surface area (Å²) in [6.07, 6.45) is 4.19. The quantitative estimate of drug-likeness (QED) is 0.842. The maximum atomic E-state index is 12.1. The van der Waals surface area contributed by atoms with E-state index in [1.807, 2.05) is 37.3 Å². The zero-order chi connectivity index (χ0) is 14.4. The molecule has 0 radical (unpaired) electrons. The predicted octanol–water partition coefficient (Wildman–Crippen LogP) is 1.76. The van der Waals surface area contributed by atoms with Crippen molar-refractivity contribution in [2.45, 2.75) is 25.9 Å². The van der Waals surface area contributed by atoms with Gasteiger partial charge in [0.2, 0.25) is 0 Å². The molecule has 2 N–H and O–H groups in total. The molecule has 0 spiro atoms. The Labute approximate surface area is 118 Å². The van der Waals surface area contributed by atoms with Gasteiger partial charge < -0.3 is 10.4 Å². The van der Waals surface area contributed by atoms with Crippen molar-refractivity contribution in [1.82, 2.24) is 14.9 Å². The van der Waals surface area contributed by atoms with Crippen LogP contribution in [-0.2, 0) is 0 Å². The summed E-state index contributed by atoms with van der Waals surface area (Å²) >= 11 is 0. The van der Waals surface area contributed by atoms with Gasteiger partial charge in [-0.3, -0.25) is 9.36 Å². The van der Waals surface area contributed by atoms with Crippen molar-refractivity contribution >= 4 is 5.91 Å². The van der Waals surface area contributed by atoms with Crippen LogP contribution in [0.1, 0.15) is 30.3 Å². The lowest BCUT2D eigenvalue weighted by Crippen LogP contribution is -2.33. The van der Waals surface area contributed by atoms with Crippen molar-refractivity contribution in [3.05, 3.63) is 48.5 Å². The summed E-state index contributed by atoms with van der Waals surface area (Å²) in [6.45, 7) is 2.25. The smallest absolute Gasteiger partial charge is 0.270 e. The minimum atomic E-state index is -0.503. The Morgan fingerprint density at radius 2 is 2.15 bits per heavy atom. The van der Waals surface area contributed by atoms with E-state index in [0.29, 0.717) is 12.1 Å². The number of aliphatic hydroxyl groups excluding tert-OH is 1. The van der Waals surface area contributed by atoms with Crippen molar-refractivity contribution in [3.8, 4) is 5.69 Å². The predicted molar refractivity (Wildman–Crippen MR) is 76.8 cm³/mol. The topological polar surface area (TPSA) is 67.2 Å². The summed E-state index contributed by atoms with van der Waals surface area (Å²) in [5.41, 5.74) is 1.34. The number of carbonyl (C=O) groups excluding carboxylic acids is 1. The van der Waals surface area contributed by atoms with E-state index in [1.54, 1.807) is 10.9 Å². The fraction of sp³-hybridized carbons (Fsp3) is 0.333. The molecule has 1 aromatic heterocycles. The number of carbonyl (C=O) groups is 1. The Kier molecular flexibility index (Phi) is 4.90. The molecule has 0 aliphatic carbocycles. The molecule has 1 amide bonds. The molecule has 0 saturated carbocycles. The SMILES string of the molecule is CCCC(O)CNC(=O)c1cncn1-c1ccccc1. The normalized spacial score (nSPS) is 12.1. The van der Waals surface area contributed by atoms with Gasteiger partial charge in [0.1, 0.15) is 5.69 Å². The maximum Gasteiger partial charge on any atom is 0.270 e. The number of imidazole rings is 1. The summed E-state index contributed by atoms with van der Waals surface area (Å²) in [6, 6.07) is 9.54. The molecule has 1 unspecified atom stereocenters. The monoisotopic (exact) mass is 273 g/mol. The van der Waals surface area contributed by atoms with Gasteiger partial charge in [-0.15, -0.1) is 0 Å². The highest BCUT2D eigenvalue weighted by Gasteiger charge is 2.13. The van der Waals surface area contributed by atoms with Gasteiger partial charge >= 0.3 is 0 Å². The molecule has 0 saturated heterocycles. The van der Waals surface area contributed by atoms with Crippen LogP contribution in [0.15, 0.2) is 42.9 Å². The lowest BCUT2D eigenvalue weighted by atomic mass is 10.2. The molecular weight excluding hydrogens is 254 g/mol. The van der Waals surface area contributed by atoms with E-state index in [1.165, 1.54) is 6.20 Å². The number of aromatic nitrogens is 2. The summed E-state index contributed by atoms with van der Waals surface area (Å²) in [7, 11) is 0. The van der Waals surface area contributed by atoms with E-state index in [2.05, 4.69) is 10.3 Å². The molecular formula is C15H19N3O2. The van der Waals surface area contributed by atoms with Crippen molar-refractivity contribution in [2.75, 3.05) is 6.54 Å². The van der Waals surface area contributed by atoms with Crippen LogP contribution in [0.2, 0.25) is 0 Å². The molecule has 106 valence electrons. The van der Waals surface area contributed by atoms with Gasteiger partial charge in [0.15, 0.2) is 0 Å². The molecule has 5 nitrogen and oxygen atoms in total. The Morgan fingerprint density at radius 3 is 2.85 bits per heavy atom. The lowest BCUT2D eigenvalue weighted by molar-refractivity contribution is 0.0903. The van der Waals surface area contributed by atoms with Crippen molar-refractivity contribution < 1.29 is 9.90 Å². The first-order valence-corrected chi connectivity index (χ1v) is 6.76. The number of hydrogen-bond acceptors (Lipinski definition) is 3. The average molecular weight is 273 g/mol. The Bertz CT molecular complexity index is 551. The molecule has 5 heteroatoms. The standard InChI is InChI=1S/C15H19N3O2/c1-2-6-13(19)9-17-15(20)14-10-16-11-18(14)12-7-4-3-5-8-12/h3-5,7-8,10-11,13,19H,2,6,9H2,1H3,(H,17,20). The highest BCUT2D eigenvalue weighted by atomic mass is 16.3. The van der Waals surface area contributed by atoms with Crippen LogP contribution in [0.5, 0.6) is 0 Å². The average Bonchev–Trinajstić information content (AvgIpc) is 2.95. The Morgan fingerprint density at radius 1 is 1.40 bits per heavy atom. The van der Waals surface area contributed by atoms with E-state index in [-0.39, 0.29) is 12.5 Å². The first kappa shape index (κ1) is 14.3.